The highest BCUT2D eigenvalue weighted by molar-refractivity contribution is 6.30. The van der Waals surface area contributed by atoms with Crippen molar-refractivity contribution in [2.24, 2.45) is 5.92 Å². The molecule has 47 heavy (non-hydrogen) atoms. The van der Waals surface area contributed by atoms with Crippen molar-refractivity contribution in [3.63, 3.8) is 0 Å². The first-order chi connectivity index (χ1) is 22.5. The average Bonchev–Trinajstić information content (AvgIpc) is 3.04. The van der Waals surface area contributed by atoms with Crippen LogP contribution < -0.4 is 29.9 Å². The van der Waals surface area contributed by atoms with E-state index in [0.717, 1.165) is 59.9 Å². The van der Waals surface area contributed by atoms with E-state index in [-0.39, 0.29) is 24.0 Å². The fraction of sp³-hybridized carbons (Fsp3) is 0.486. The molecule has 0 spiro atoms. The van der Waals surface area contributed by atoms with E-state index in [9.17, 15) is 9.59 Å². The number of nitrogens with one attached hydrogen (secondary N) is 2. The van der Waals surface area contributed by atoms with Crippen molar-refractivity contribution in [2.75, 3.05) is 37.0 Å². The zero-order chi connectivity index (χ0) is 33.9. The number of carbonyl (C=O) groups excluding carboxylic acids is 2. The number of benzene rings is 2. The molecule has 1 saturated carbocycles. The first kappa shape index (κ1) is 36.0. The van der Waals surface area contributed by atoms with Crippen molar-refractivity contribution in [3.05, 3.63) is 76.9 Å². The fourth-order valence-electron chi connectivity index (χ4n) is 6.03. The molecule has 2 N–H and O–H groups in total. The molecule has 2 heterocycles. The van der Waals surface area contributed by atoms with Gasteiger partial charge in [0.2, 0.25) is 11.8 Å². The zero-order valence-electron chi connectivity index (χ0n) is 28.6. The summed E-state index contributed by atoms with van der Waals surface area (Å²) in [6.45, 7) is 9.71. The molecule has 2 aromatic carbocycles. The van der Waals surface area contributed by atoms with Gasteiger partial charge in [0, 0.05) is 30.7 Å². The van der Waals surface area contributed by atoms with Crippen LogP contribution in [0.1, 0.15) is 64.5 Å². The van der Waals surface area contributed by atoms with Crippen molar-refractivity contribution < 1.29 is 19.1 Å². The summed E-state index contributed by atoms with van der Waals surface area (Å²) in [7, 11) is 3.70. The molecule has 1 fully saturated rings. The molecule has 1 aliphatic heterocycles. The van der Waals surface area contributed by atoms with Crippen LogP contribution in [0.2, 0.25) is 5.02 Å². The fourth-order valence-corrected chi connectivity index (χ4v) is 6.18. The highest BCUT2D eigenvalue weighted by Crippen LogP contribution is 2.36. The molecular formula is C37H50ClN5O4. The Hall–Kier alpha value is -3.82. The summed E-state index contributed by atoms with van der Waals surface area (Å²) in [6, 6.07) is 17.9. The van der Waals surface area contributed by atoms with Gasteiger partial charge in [-0.1, -0.05) is 29.8 Å². The summed E-state index contributed by atoms with van der Waals surface area (Å²) in [5, 5.41) is 7.14. The van der Waals surface area contributed by atoms with Crippen molar-refractivity contribution in [1.82, 2.24) is 15.6 Å². The molecule has 0 saturated heterocycles. The third-order valence-corrected chi connectivity index (χ3v) is 8.62. The minimum absolute atomic E-state index is 0.0245. The van der Waals surface area contributed by atoms with Crippen molar-refractivity contribution in [1.29, 1.82) is 0 Å². The van der Waals surface area contributed by atoms with Gasteiger partial charge < -0.3 is 29.9 Å². The van der Waals surface area contributed by atoms with E-state index in [1.165, 1.54) is 0 Å². The van der Waals surface area contributed by atoms with Crippen molar-refractivity contribution >= 4 is 34.9 Å². The van der Waals surface area contributed by atoms with Crippen molar-refractivity contribution in [3.8, 4) is 11.5 Å². The molecule has 3 aromatic rings. The first-order valence-corrected chi connectivity index (χ1v) is 17.0. The molecule has 10 heteroatoms. The summed E-state index contributed by atoms with van der Waals surface area (Å²) < 4.78 is 11.5. The Labute approximate surface area is 285 Å². The highest BCUT2D eigenvalue weighted by atomic mass is 35.5. The zero-order valence-corrected chi connectivity index (χ0v) is 29.3. The van der Waals surface area contributed by atoms with Gasteiger partial charge in [-0.2, -0.15) is 0 Å². The maximum Gasteiger partial charge on any atom is 0.234 e. The number of ether oxygens (including phenoxy) is 2. The van der Waals surface area contributed by atoms with Crippen LogP contribution in [0.5, 0.6) is 11.5 Å². The van der Waals surface area contributed by atoms with Gasteiger partial charge >= 0.3 is 0 Å². The monoisotopic (exact) mass is 663 g/mol. The number of rotatable bonds is 11. The first-order valence-electron chi connectivity index (χ1n) is 16.6. The Bertz CT molecular complexity index is 1440. The predicted molar refractivity (Wildman–Crippen MR) is 190 cm³/mol. The largest absolute Gasteiger partial charge is 0.493 e. The van der Waals surface area contributed by atoms with E-state index < -0.39 is 0 Å². The van der Waals surface area contributed by atoms with E-state index >= 15 is 0 Å². The van der Waals surface area contributed by atoms with Crippen LogP contribution in [0.4, 0.5) is 11.5 Å². The number of anilines is 2. The molecule has 0 bridgehead atoms. The third kappa shape index (κ3) is 10.9. The van der Waals surface area contributed by atoms with Crippen LogP contribution in [-0.2, 0) is 22.6 Å². The lowest BCUT2D eigenvalue weighted by Gasteiger charge is -2.32. The lowest BCUT2D eigenvalue weighted by Crippen LogP contribution is -2.43. The second-order valence-corrected chi connectivity index (χ2v) is 13.4. The molecular weight excluding hydrogens is 614 g/mol. The van der Waals surface area contributed by atoms with Gasteiger partial charge in [0.1, 0.15) is 5.82 Å². The Morgan fingerprint density at radius 1 is 1.02 bits per heavy atom. The van der Waals surface area contributed by atoms with Crippen LogP contribution in [-0.4, -0.2) is 62.2 Å². The number of nitrogens with zero attached hydrogens (tertiary/aromatic N) is 3. The van der Waals surface area contributed by atoms with E-state index in [2.05, 4.69) is 22.6 Å². The van der Waals surface area contributed by atoms with Gasteiger partial charge in [0.15, 0.2) is 11.5 Å². The molecule has 0 unspecified atom stereocenters. The highest BCUT2D eigenvalue weighted by Gasteiger charge is 2.27. The van der Waals surface area contributed by atoms with Gasteiger partial charge in [-0.3, -0.25) is 9.59 Å². The van der Waals surface area contributed by atoms with Gasteiger partial charge in [0.25, 0.3) is 0 Å². The Morgan fingerprint density at radius 2 is 1.72 bits per heavy atom. The molecule has 2 aliphatic rings. The standard InChI is InChI=1S/C31H45N5O4.C6H5Cl/c1-20(2)34-30(37)17-32-25-9-7-22(8-10-25)18-35(5)29-12-11-26(16-33-29)36-19-24-14-28(40-21(3)4)27(39-6)13-23(24)15-31(36)38;7-6-4-2-1-3-5-6/h11-14,16,20-22,25,32H,7-10,15,17-19H2,1-6H3,(H,34,37);1-5H. The van der Waals surface area contributed by atoms with Crippen LogP contribution in [0, 0.1) is 5.92 Å². The topological polar surface area (TPSA) is 96.0 Å². The van der Waals surface area contributed by atoms with Gasteiger partial charge in [-0.05, 0) is 107 Å². The number of halogens is 1. The number of pyridine rings is 1. The SMILES string of the molecule is COc1cc2c(cc1OC(C)C)CN(c1ccc(N(C)CC3CCC(NCC(=O)NC(C)C)CC3)nc1)C(=O)C2.Clc1ccccc1. The summed E-state index contributed by atoms with van der Waals surface area (Å²) in [5.74, 6) is 2.95. The molecule has 1 aromatic heterocycles. The van der Waals surface area contributed by atoms with Crippen LogP contribution in [0.25, 0.3) is 0 Å². The van der Waals surface area contributed by atoms with Gasteiger partial charge in [-0.15, -0.1) is 0 Å². The van der Waals surface area contributed by atoms with Crippen LogP contribution in [0.15, 0.2) is 60.8 Å². The quantitative estimate of drug-likeness (QED) is 0.245. The summed E-state index contributed by atoms with van der Waals surface area (Å²) in [4.78, 5) is 33.7. The van der Waals surface area contributed by atoms with Gasteiger partial charge in [0.05, 0.1) is 44.6 Å². The minimum atomic E-state index is 0.0245. The maximum atomic E-state index is 13.0. The third-order valence-electron chi connectivity index (χ3n) is 8.37. The van der Waals surface area contributed by atoms with E-state index in [4.69, 9.17) is 26.1 Å². The van der Waals surface area contributed by atoms with E-state index in [0.29, 0.717) is 43.0 Å². The normalized spacial score (nSPS) is 17.5. The Morgan fingerprint density at radius 3 is 2.30 bits per heavy atom. The second-order valence-electron chi connectivity index (χ2n) is 13.0. The van der Waals surface area contributed by atoms with Crippen molar-refractivity contribution in [2.45, 2.75) is 84.5 Å². The number of methoxy groups -OCH3 is 1. The lowest BCUT2D eigenvalue weighted by molar-refractivity contribution is -0.121. The number of aromatic nitrogens is 1. The molecule has 0 radical (unpaired) electrons. The number of carbonyl (C=O) groups is 2. The molecule has 1 aliphatic carbocycles. The summed E-state index contributed by atoms with van der Waals surface area (Å²) in [5.41, 5.74) is 2.83. The number of amides is 2. The molecule has 254 valence electrons. The predicted octanol–water partition coefficient (Wildman–Crippen LogP) is 6.42. The molecule has 9 nitrogen and oxygen atoms in total. The summed E-state index contributed by atoms with van der Waals surface area (Å²) >= 11 is 5.54. The average molecular weight is 664 g/mol. The molecule has 5 rings (SSSR count). The Kier molecular flexibility index (Phi) is 13.3. The minimum Gasteiger partial charge on any atom is -0.493 e. The van der Waals surface area contributed by atoms with Crippen LogP contribution >= 0.6 is 11.6 Å². The van der Waals surface area contributed by atoms with Gasteiger partial charge in [-0.25, -0.2) is 4.98 Å². The van der Waals surface area contributed by atoms with Crippen LogP contribution in [0.3, 0.4) is 0 Å². The lowest BCUT2D eigenvalue weighted by atomic mass is 9.85. The van der Waals surface area contributed by atoms with E-state index in [1.54, 1.807) is 18.2 Å². The second kappa shape index (κ2) is 17.4. The summed E-state index contributed by atoms with van der Waals surface area (Å²) in [6.07, 6.45) is 6.54. The van der Waals surface area contributed by atoms with E-state index in [1.807, 2.05) is 82.3 Å². The Balaban J connectivity index is 0.000000632. The maximum absolute atomic E-state index is 13.0. The number of hydrogen-bond donors (Lipinski definition) is 2. The molecule has 0 atom stereocenters. The number of fused-ring (bicyclic) bond motifs is 1. The number of hydrogen-bond acceptors (Lipinski definition) is 7. The molecule has 2 amide bonds. The smallest absolute Gasteiger partial charge is 0.234 e.